The van der Waals surface area contributed by atoms with Gasteiger partial charge in [-0.2, -0.15) is 10.4 Å². The first kappa shape index (κ1) is 13.9. The molecule has 2 heterocycles. The van der Waals surface area contributed by atoms with Crippen molar-refractivity contribution in [3.8, 4) is 11.8 Å². The standard InChI is InChI=1S/C14H17N5O/c1-8-6-17-12(9(2)13(8)20-4)7-19-14(16)11(5-15)10(3)18-19/h6H,7,16H2,1-4H3. The predicted octanol–water partition coefficient (Wildman–Crippen LogP) is 1.71. The molecule has 0 aliphatic carbocycles. The zero-order valence-electron chi connectivity index (χ0n) is 12.1. The number of methoxy groups -OCH3 is 1. The zero-order chi connectivity index (χ0) is 14.9. The molecule has 104 valence electrons. The number of rotatable bonds is 3. The number of hydrogen-bond acceptors (Lipinski definition) is 5. The maximum Gasteiger partial charge on any atom is 0.140 e. The van der Waals surface area contributed by atoms with Gasteiger partial charge < -0.3 is 10.5 Å². The summed E-state index contributed by atoms with van der Waals surface area (Å²) in [6.45, 7) is 6.08. The normalized spacial score (nSPS) is 10.3. The van der Waals surface area contributed by atoms with E-state index >= 15 is 0 Å². The Bertz CT molecular complexity index is 697. The van der Waals surface area contributed by atoms with E-state index in [1.54, 1.807) is 24.9 Å². The molecule has 0 aliphatic rings. The average molecular weight is 271 g/mol. The second-order valence-corrected chi connectivity index (χ2v) is 4.66. The number of aryl methyl sites for hydroxylation is 2. The number of nitrogens with zero attached hydrogens (tertiary/aromatic N) is 4. The second kappa shape index (κ2) is 5.21. The summed E-state index contributed by atoms with van der Waals surface area (Å²) in [5, 5.41) is 13.3. The third kappa shape index (κ3) is 2.18. The molecule has 0 spiro atoms. The number of nitriles is 1. The van der Waals surface area contributed by atoms with E-state index in [-0.39, 0.29) is 0 Å². The van der Waals surface area contributed by atoms with Crippen molar-refractivity contribution in [1.29, 1.82) is 5.26 Å². The van der Waals surface area contributed by atoms with Gasteiger partial charge in [-0.05, 0) is 20.8 Å². The highest BCUT2D eigenvalue weighted by Crippen LogP contribution is 2.25. The van der Waals surface area contributed by atoms with Crippen molar-refractivity contribution in [2.24, 2.45) is 0 Å². The number of aromatic nitrogens is 3. The molecule has 20 heavy (non-hydrogen) atoms. The minimum atomic E-state index is 0.366. The van der Waals surface area contributed by atoms with Crippen molar-refractivity contribution in [2.45, 2.75) is 27.3 Å². The lowest BCUT2D eigenvalue weighted by molar-refractivity contribution is 0.406. The van der Waals surface area contributed by atoms with Crippen LogP contribution >= 0.6 is 0 Å². The number of pyridine rings is 1. The maximum absolute atomic E-state index is 9.03. The molecule has 0 aromatic carbocycles. The molecule has 0 unspecified atom stereocenters. The van der Waals surface area contributed by atoms with Crippen LogP contribution in [0.2, 0.25) is 0 Å². The third-order valence-electron chi connectivity index (χ3n) is 3.33. The van der Waals surface area contributed by atoms with Crippen LogP contribution in [0, 0.1) is 32.1 Å². The smallest absolute Gasteiger partial charge is 0.140 e. The number of anilines is 1. The zero-order valence-corrected chi connectivity index (χ0v) is 12.1. The van der Waals surface area contributed by atoms with Crippen molar-refractivity contribution in [2.75, 3.05) is 12.8 Å². The Morgan fingerprint density at radius 1 is 1.40 bits per heavy atom. The predicted molar refractivity (Wildman–Crippen MR) is 75.5 cm³/mol. The number of nitrogens with two attached hydrogens (primary N) is 1. The van der Waals surface area contributed by atoms with E-state index in [0.29, 0.717) is 23.6 Å². The molecule has 2 rings (SSSR count). The molecule has 6 nitrogen and oxygen atoms in total. The molecule has 0 aliphatic heterocycles. The second-order valence-electron chi connectivity index (χ2n) is 4.66. The minimum absolute atomic E-state index is 0.366. The average Bonchev–Trinajstić information content (AvgIpc) is 2.68. The van der Waals surface area contributed by atoms with E-state index in [1.165, 1.54) is 0 Å². The van der Waals surface area contributed by atoms with Crippen LogP contribution in [0.5, 0.6) is 5.75 Å². The molecule has 0 saturated carbocycles. The van der Waals surface area contributed by atoms with Gasteiger partial charge in [0.05, 0.1) is 25.0 Å². The topological polar surface area (TPSA) is 89.8 Å². The monoisotopic (exact) mass is 271 g/mol. The van der Waals surface area contributed by atoms with Gasteiger partial charge in [0.15, 0.2) is 0 Å². The Balaban J connectivity index is 2.44. The molecule has 0 atom stereocenters. The fraction of sp³-hybridized carbons (Fsp3) is 0.357. The number of ether oxygens (including phenoxy) is 1. The van der Waals surface area contributed by atoms with Gasteiger partial charge >= 0.3 is 0 Å². The summed E-state index contributed by atoms with van der Waals surface area (Å²) < 4.78 is 6.98. The van der Waals surface area contributed by atoms with Crippen molar-refractivity contribution in [3.05, 3.63) is 34.3 Å². The first-order valence-electron chi connectivity index (χ1n) is 6.21. The molecule has 2 aromatic heterocycles. The number of nitrogen functional groups attached to an aromatic ring is 1. The van der Waals surface area contributed by atoms with E-state index < -0.39 is 0 Å². The lowest BCUT2D eigenvalue weighted by atomic mass is 10.1. The summed E-state index contributed by atoms with van der Waals surface area (Å²) >= 11 is 0. The van der Waals surface area contributed by atoms with Gasteiger partial charge in [-0.15, -0.1) is 0 Å². The van der Waals surface area contributed by atoms with Gasteiger partial charge in [-0.3, -0.25) is 4.98 Å². The minimum Gasteiger partial charge on any atom is -0.496 e. The molecule has 0 amide bonds. The van der Waals surface area contributed by atoms with E-state index in [0.717, 1.165) is 22.6 Å². The molecule has 2 N–H and O–H groups in total. The molecule has 2 aromatic rings. The number of hydrogen-bond donors (Lipinski definition) is 1. The van der Waals surface area contributed by atoms with Gasteiger partial charge in [0, 0.05) is 17.3 Å². The molecule has 6 heteroatoms. The molecule has 0 fully saturated rings. The van der Waals surface area contributed by atoms with Gasteiger partial charge in [0.1, 0.15) is 23.2 Å². The lowest BCUT2D eigenvalue weighted by Gasteiger charge is -2.12. The first-order chi connectivity index (χ1) is 9.49. The summed E-state index contributed by atoms with van der Waals surface area (Å²) in [7, 11) is 1.64. The molecular weight excluding hydrogens is 254 g/mol. The highest BCUT2D eigenvalue weighted by atomic mass is 16.5. The van der Waals surface area contributed by atoms with Crippen LogP contribution < -0.4 is 10.5 Å². The van der Waals surface area contributed by atoms with E-state index in [4.69, 9.17) is 15.7 Å². The summed E-state index contributed by atoms with van der Waals surface area (Å²) in [5.41, 5.74) is 9.74. The van der Waals surface area contributed by atoms with E-state index in [9.17, 15) is 0 Å². The van der Waals surface area contributed by atoms with Gasteiger partial charge in [-0.1, -0.05) is 0 Å². The maximum atomic E-state index is 9.03. The summed E-state index contributed by atoms with van der Waals surface area (Å²) in [5.74, 6) is 1.18. The Kier molecular flexibility index (Phi) is 3.61. The molecule has 0 saturated heterocycles. The fourth-order valence-corrected chi connectivity index (χ4v) is 2.23. The van der Waals surface area contributed by atoms with Crippen molar-refractivity contribution < 1.29 is 4.74 Å². The van der Waals surface area contributed by atoms with E-state index in [2.05, 4.69) is 16.2 Å². The summed E-state index contributed by atoms with van der Waals surface area (Å²) in [6.07, 6.45) is 1.76. The third-order valence-corrected chi connectivity index (χ3v) is 3.33. The van der Waals surface area contributed by atoms with Crippen LogP contribution in [0.4, 0.5) is 5.82 Å². The van der Waals surface area contributed by atoms with Gasteiger partial charge in [-0.25, -0.2) is 4.68 Å². The Morgan fingerprint density at radius 2 is 2.10 bits per heavy atom. The molecule has 0 radical (unpaired) electrons. The Hall–Kier alpha value is -2.55. The first-order valence-corrected chi connectivity index (χ1v) is 6.21. The van der Waals surface area contributed by atoms with Gasteiger partial charge in [0.2, 0.25) is 0 Å². The van der Waals surface area contributed by atoms with Crippen molar-refractivity contribution >= 4 is 5.82 Å². The largest absolute Gasteiger partial charge is 0.496 e. The fourth-order valence-electron chi connectivity index (χ4n) is 2.23. The highest BCUT2D eigenvalue weighted by molar-refractivity contribution is 5.52. The molecule has 0 bridgehead atoms. The highest BCUT2D eigenvalue weighted by Gasteiger charge is 2.15. The van der Waals surface area contributed by atoms with Crippen LogP contribution in [-0.2, 0) is 6.54 Å². The van der Waals surface area contributed by atoms with Crippen LogP contribution in [0.3, 0.4) is 0 Å². The van der Waals surface area contributed by atoms with Crippen LogP contribution in [0.1, 0.15) is 28.1 Å². The van der Waals surface area contributed by atoms with Crippen LogP contribution in [0.15, 0.2) is 6.20 Å². The van der Waals surface area contributed by atoms with Crippen molar-refractivity contribution in [3.63, 3.8) is 0 Å². The van der Waals surface area contributed by atoms with Crippen LogP contribution in [0.25, 0.3) is 0 Å². The SMILES string of the molecule is COc1c(C)cnc(Cn2nc(C)c(C#N)c2N)c1C. The molecular formula is C14H17N5O. The quantitative estimate of drug-likeness (QED) is 0.917. The van der Waals surface area contributed by atoms with Crippen LogP contribution in [-0.4, -0.2) is 21.9 Å². The lowest BCUT2D eigenvalue weighted by Crippen LogP contribution is -2.10. The van der Waals surface area contributed by atoms with Gasteiger partial charge in [0.25, 0.3) is 0 Å². The summed E-state index contributed by atoms with van der Waals surface area (Å²) in [4.78, 5) is 4.41. The Morgan fingerprint density at radius 3 is 2.65 bits per heavy atom. The van der Waals surface area contributed by atoms with Crippen molar-refractivity contribution in [1.82, 2.24) is 14.8 Å². The summed E-state index contributed by atoms with van der Waals surface area (Å²) in [6, 6.07) is 2.06. The van der Waals surface area contributed by atoms with E-state index in [1.807, 2.05) is 13.8 Å². The Labute approximate surface area is 117 Å².